The van der Waals surface area contributed by atoms with Crippen molar-refractivity contribution >= 4 is 21.7 Å². The number of sulfonamides is 1. The Morgan fingerprint density at radius 3 is 2.46 bits per heavy atom. The molecule has 3 heterocycles. The van der Waals surface area contributed by atoms with Crippen molar-refractivity contribution in [3.63, 3.8) is 0 Å². The standard InChI is InChI=1S/C17H24N6O2S/c1-12-10-17(21-13(2)20-12)23-8-6-14(7-9-23)22-16-5-4-15(11-19-16)26(24,25)18-3/h4-5,10-11,14,18H,6-9H2,1-3H3,(H,19,22). The number of piperidine rings is 1. The van der Waals surface area contributed by atoms with Crippen molar-refractivity contribution in [2.75, 3.05) is 30.4 Å². The van der Waals surface area contributed by atoms with Gasteiger partial charge in [0.1, 0.15) is 22.4 Å². The maximum absolute atomic E-state index is 11.7. The highest BCUT2D eigenvalue weighted by molar-refractivity contribution is 7.89. The molecule has 0 unspecified atom stereocenters. The van der Waals surface area contributed by atoms with Crippen LogP contribution in [0.5, 0.6) is 0 Å². The van der Waals surface area contributed by atoms with E-state index in [0.29, 0.717) is 11.9 Å². The van der Waals surface area contributed by atoms with E-state index in [0.717, 1.165) is 43.3 Å². The quantitative estimate of drug-likeness (QED) is 0.815. The van der Waals surface area contributed by atoms with Gasteiger partial charge < -0.3 is 10.2 Å². The van der Waals surface area contributed by atoms with Crippen LogP contribution in [0, 0.1) is 13.8 Å². The van der Waals surface area contributed by atoms with Crippen molar-refractivity contribution in [1.29, 1.82) is 0 Å². The summed E-state index contributed by atoms with van der Waals surface area (Å²) < 4.78 is 25.7. The summed E-state index contributed by atoms with van der Waals surface area (Å²) in [5, 5.41) is 3.39. The summed E-state index contributed by atoms with van der Waals surface area (Å²) in [5.74, 6) is 2.46. The van der Waals surface area contributed by atoms with E-state index in [1.165, 1.54) is 13.2 Å². The van der Waals surface area contributed by atoms with Crippen molar-refractivity contribution in [1.82, 2.24) is 19.7 Å². The lowest BCUT2D eigenvalue weighted by Gasteiger charge is -2.33. The fourth-order valence-electron chi connectivity index (χ4n) is 3.06. The van der Waals surface area contributed by atoms with Crippen LogP contribution in [0.3, 0.4) is 0 Å². The van der Waals surface area contributed by atoms with E-state index >= 15 is 0 Å². The molecule has 2 aromatic heterocycles. The molecule has 9 heteroatoms. The Morgan fingerprint density at radius 2 is 1.88 bits per heavy atom. The molecule has 1 aliphatic rings. The summed E-state index contributed by atoms with van der Waals surface area (Å²) in [6, 6.07) is 5.58. The number of aryl methyl sites for hydroxylation is 2. The summed E-state index contributed by atoms with van der Waals surface area (Å²) in [5.41, 5.74) is 0.980. The predicted molar refractivity (Wildman–Crippen MR) is 101 cm³/mol. The van der Waals surface area contributed by atoms with E-state index in [1.54, 1.807) is 12.1 Å². The molecule has 8 nitrogen and oxygen atoms in total. The largest absolute Gasteiger partial charge is 0.367 e. The molecule has 1 saturated heterocycles. The third kappa shape index (κ3) is 4.28. The maximum Gasteiger partial charge on any atom is 0.241 e. The minimum absolute atomic E-state index is 0.162. The molecule has 3 rings (SSSR count). The van der Waals surface area contributed by atoms with Crippen molar-refractivity contribution in [3.8, 4) is 0 Å². The van der Waals surface area contributed by atoms with Crippen LogP contribution in [0.15, 0.2) is 29.3 Å². The van der Waals surface area contributed by atoms with Gasteiger partial charge in [0.15, 0.2) is 0 Å². The summed E-state index contributed by atoms with van der Waals surface area (Å²) >= 11 is 0. The fourth-order valence-corrected chi connectivity index (χ4v) is 3.74. The van der Waals surface area contributed by atoms with Gasteiger partial charge in [-0.2, -0.15) is 0 Å². The van der Waals surface area contributed by atoms with Gasteiger partial charge in [-0.1, -0.05) is 0 Å². The lowest BCUT2D eigenvalue weighted by Crippen LogP contribution is -2.39. The van der Waals surface area contributed by atoms with Crippen LogP contribution in [0.4, 0.5) is 11.6 Å². The second-order valence-electron chi connectivity index (χ2n) is 6.41. The summed E-state index contributed by atoms with van der Waals surface area (Å²) in [6.07, 6.45) is 3.29. The molecule has 0 saturated carbocycles. The van der Waals surface area contributed by atoms with Gasteiger partial charge >= 0.3 is 0 Å². The molecule has 140 valence electrons. The van der Waals surface area contributed by atoms with E-state index < -0.39 is 10.0 Å². The van der Waals surface area contributed by atoms with Crippen molar-refractivity contribution in [2.45, 2.75) is 37.6 Å². The van der Waals surface area contributed by atoms with Crippen LogP contribution in [0.2, 0.25) is 0 Å². The normalized spacial score (nSPS) is 15.9. The van der Waals surface area contributed by atoms with E-state index in [4.69, 9.17) is 0 Å². The number of hydrogen-bond donors (Lipinski definition) is 2. The molecule has 0 spiro atoms. The molecule has 0 aliphatic carbocycles. The zero-order valence-corrected chi connectivity index (χ0v) is 16.0. The third-order valence-electron chi connectivity index (χ3n) is 4.44. The monoisotopic (exact) mass is 376 g/mol. The number of aromatic nitrogens is 3. The second-order valence-corrected chi connectivity index (χ2v) is 8.29. The Balaban J connectivity index is 1.59. The average Bonchev–Trinajstić information content (AvgIpc) is 2.62. The van der Waals surface area contributed by atoms with Crippen LogP contribution in [-0.4, -0.2) is 49.5 Å². The zero-order chi connectivity index (χ0) is 18.7. The highest BCUT2D eigenvalue weighted by Crippen LogP contribution is 2.21. The number of nitrogens with zero attached hydrogens (tertiary/aromatic N) is 4. The van der Waals surface area contributed by atoms with Gasteiger partial charge in [0.2, 0.25) is 10.0 Å². The first kappa shape index (κ1) is 18.5. The number of anilines is 2. The molecule has 0 atom stereocenters. The van der Waals surface area contributed by atoms with E-state index in [2.05, 4.69) is 29.9 Å². The van der Waals surface area contributed by atoms with Crippen molar-refractivity contribution in [2.24, 2.45) is 0 Å². The topological polar surface area (TPSA) is 100 Å². The maximum atomic E-state index is 11.7. The van der Waals surface area contributed by atoms with Gasteiger partial charge in [-0.05, 0) is 45.9 Å². The van der Waals surface area contributed by atoms with E-state index in [1.807, 2.05) is 19.9 Å². The molecule has 2 N–H and O–H groups in total. The first-order valence-electron chi connectivity index (χ1n) is 8.61. The average molecular weight is 376 g/mol. The highest BCUT2D eigenvalue weighted by atomic mass is 32.2. The fraction of sp³-hybridized carbons (Fsp3) is 0.471. The summed E-state index contributed by atoms with van der Waals surface area (Å²) in [6.45, 7) is 5.70. The van der Waals surface area contributed by atoms with Crippen LogP contribution in [0.25, 0.3) is 0 Å². The Labute approximate surface area is 154 Å². The van der Waals surface area contributed by atoms with Gasteiger partial charge in [0.05, 0.1) is 0 Å². The lowest BCUT2D eigenvalue weighted by molar-refractivity contribution is 0.521. The Kier molecular flexibility index (Phi) is 5.38. The molecule has 1 fully saturated rings. The zero-order valence-electron chi connectivity index (χ0n) is 15.2. The Morgan fingerprint density at radius 1 is 1.15 bits per heavy atom. The van der Waals surface area contributed by atoms with Crippen LogP contribution in [-0.2, 0) is 10.0 Å². The number of hydrogen-bond acceptors (Lipinski definition) is 7. The number of pyridine rings is 1. The summed E-state index contributed by atoms with van der Waals surface area (Å²) in [4.78, 5) is 15.5. The van der Waals surface area contributed by atoms with Crippen LogP contribution < -0.4 is 14.9 Å². The molecule has 26 heavy (non-hydrogen) atoms. The van der Waals surface area contributed by atoms with Crippen molar-refractivity contribution in [3.05, 3.63) is 35.9 Å². The third-order valence-corrected chi connectivity index (χ3v) is 5.84. The smallest absolute Gasteiger partial charge is 0.241 e. The Hall–Kier alpha value is -2.26. The van der Waals surface area contributed by atoms with E-state index in [-0.39, 0.29) is 4.90 Å². The molecule has 1 aliphatic heterocycles. The number of rotatable bonds is 5. The van der Waals surface area contributed by atoms with Crippen LogP contribution >= 0.6 is 0 Å². The molecule has 0 radical (unpaired) electrons. The SMILES string of the molecule is CNS(=O)(=O)c1ccc(NC2CCN(c3cc(C)nc(C)n3)CC2)nc1. The van der Waals surface area contributed by atoms with Gasteiger partial charge in [0.25, 0.3) is 0 Å². The highest BCUT2D eigenvalue weighted by Gasteiger charge is 2.21. The van der Waals surface area contributed by atoms with E-state index in [9.17, 15) is 8.42 Å². The minimum Gasteiger partial charge on any atom is -0.367 e. The number of nitrogens with one attached hydrogen (secondary N) is 2. The second kappa shape index (κ2) is 7.55. The molecular formula is C17H24N6O2S. The molecular weight excluding hydrogens is 352 g/mol. The van der Waals surface area contributed by atoms with Gasteiger partial charge in [0, 0.05) is 37.1 Å². The van der Waals surface area contributed by atoms with Gasteiger partial charge in [-0.15, -0.1) is 0 Å². The van der Waals surface area contributed by atoms with Crippen LogP contribution in [0.1, 0.15) is 24.4 Å². The lowest BCUT2D eigenvalue weighted by atomic mass is 10.0. The molecule has 0 aromatic carbocycles. The minimum atomic E-state index is -3.45. The molecule has 0 bridgehead atoms. The molecule has 2 aromatic rings. The van der Waals surface area contributed by atoms with Gasteiger partial charge in [-0.25, -0.2) is 28.1 Å². The summed E-state index contributed by atoms with van der Waals surface area (Å²) in [7, 11) is -2.07. The molecule has 0 amide bonds. The first-order chi connectivity index (χ1) is 12.4. The predicted octanol–water partition coefficient (Wildman–Crippen LogP) is 1.48. The van der Waals surface area contributed by atoms with Gasteiger partial charge in [-0.3, -0.25) is 0 Å². The van der Waals surface area contributed by atoms with Crippen molar-refractivity contribution < 1.29 is 8.42 Å². The first-order valence-corrected chi connectivity index (χ1v) is 10.1. The Bertz CT molecular complexity index is 841.